The first-order chi connectivity index (χ1) is 16.3. The van der Waals surface area contributed by atoms with Crippen LogP contribution in [-0.4, -0.2) is 42.5 Å². The van der Waals surface area contributed by atoms with Crippen molar-refractivity contribution in [3.05, 3.63) is 88.6 Å². The lowest BCUT2D eigenvalue weighted by atomic mass is 9.88. The zero-order chi connectivity index (χ0) is 24.2. The molecule has 5 nitrogen and oxygen atoms in total. The van der Waals surface area contributed by atoms with Crippen LogP contribution in [0.1, 0.15) is 41.1 Å². The Hall–Kier alpha value is -3.12. The maximum absolute atomic E-state index is 13.3. The van der Waals surface area contributed by atoms with Gasteiger partial charge < -0.3 is 14.1 Å². The number of methoxy groups -OCH3 is 1. The van der Waals surface area contributed by atoms with Gasteiger partial charge in [0.15, 0.2) is 0 Å². The topological polar surface area (TPSA) is 45.9 Å². The van der Waals surface area contributed by atoms with E-state index in [4.69, 9.17) is 9.15 Å². The first-order valence-corrected chi connectivity index (χ1v) is 11.7. The van der Waals surface area contributed by atoms with Crippen molar-refractivity contribution >= 4 is 5.91 Å². The fraction of sp³-hybridized carbons (Fsp3) is 0.393. The summed E-state index contributed by atoms with van der Waals surface area (Å²) in [5, 5.41) is 0. The molecular formula is C28H33FN2O3. The Bertz CT molecular complexity index is 1090. The molecule has 0 spiro atoms. The molecule has 1 fully saturated rings. The van der Waals surface area contributed by atoms with E-state index in [1.54, 1.807) is 26.2 Å². The molecule has 1 saturated heterocycles. The van der Waals surface area contributed by atoms with E-state index in [9.17, 15) is 9.18 Å². The molecule has 2 atom stereocenters. The van der Waals surface area contributed by atoms with Crippen molar-refractivity contribution in [2.75, 3.05) is 26.7 Å². The molecule has 0 saturated carbocycles. The van der Waals surface area contributed by atoms with Crippen molar-refractivity contribution in [3.8, 4) is 5.75 Å². The van der Waals surface area contributed by atoms with Gasteiger partial charge in [-0.2, -0.15) is 0 Å². The lowest BCUT2D eigenvalue weighted by Crippen LogP contribution is -2.35. The average molecular weight is 465 g/mol. The fourth-order valence-electron chi connectivity index (χ4n) is 4.85. The molecule has 1 aliphatic heterocycles. The van der Waals surface area contributed by atoms with E-state index in [1.807, 2.05) is 24.0 Å². The number of aryl methyl sites for hydroxylation is 2. The minimum absolute atomic E-state index is 0.0218. The van der Waals surface area contributed by atoms with Crippen LogP contribution in [0.4, 0.5) is 4.39 Å². The molecule has 3 aromatic rings. The summed E-state index contributed by atoms with van der Waals surface area (Å²) >= 11 is 0. The highest BCUT2D eigenvalue weighted by Crippen LogP contribution is 2.35. The number of nitrogens with zero attached hydrogens (tertiary/aromatic N) is 2. The quantitative estimate of drug-likeness (QED) is 0.453. The molecule has 1 aliphatic rings. The molecule has 6 heteroatoms. The fourth-order valence-corrected chi connectivity index (χ4v) is 4.85. The number of benzene rings is 2. The number of likely N-dealkylation sites (tertiary alicyclic amines) is 1. The van der Waals surface area contributed by atoms with Crippen LogP contribution in [0.25, 0.3) is 0 Å². The number of ether oxygens (including phenoxy) is 1. The molecule has 0 N–H and O–H groups in total. The predicted octanol–water partition coefficient (Wildman–Crippen LogP) is 5.31. The summed E-state index contributed by atoms with van der Waals surface area (Å²) in [7, 11) is 1.67. The van der Waals surface area contributed by atoms with Crippen LogP contribution in [-0.2, 0) is 17.9 Å². The van der Waals surface area contributed by atoms with Gasteiger partial charge in [0, 0.05) is 39.0 Å². The second-order valence-electron chi connectivity index (χ2n) is 9.31. The number of amides is 1. The van der Waals surface area contributed by atoms with Gasteiger partial charge in [0.1, 0.15) is 23.1 Å². The number of hydrogen-bond acceptors (Lipinski definition) is 4. The molecule has 180 valence electrons. The van der Waals surface area contributed by atoms with E-state index in [2.05, 4.69) is 30.0 Å². The maximum Gasteiger partial charge on any atom is 0.219 e. The smallest absolute Gasteiger partial charge is 0.219 e. The van der Waals surface area contributed by atoms with E-state index in [0.717, 1.165) is 42.5 Å². The van der Waals surface area contributed by atoms with Crippen LogP contribution >= 0.6 is 0 Å². The Morgan fingerprint density at radius 3 is 2.41 bits per heavy atom. The third-order valence-electron chi connectivity index (χ3n) is 6.84. The Morgan fingerprint density at radius 1 is 1.12 bits per heavy atom. The first kappa shape index (κ1) is 24.0. The van der Waals surface area contributed by atoms with Gasteiger partial charge in [-0.1, -0.05) is 24.3 Å². The maximum atomic E-state index is 13.3. The standard InChI is InChI=1S/C28H33FN2O3/c1-19-13-27(34-20(19)2)17-30-15-24(28(18-30)23-7-11-26(33-4)12-8-23)16-31(21(3)32)14-22-5-9-25(29)10-6-22/h5-13,24,28H,14-18H2,1-4H3. The van der Waals surface area contributed by atoms with E-state index >= 15 is 0 Å². The molecule has 34 heavy (non-hydrogen) atoms. The summed E-state index contributed by atoms with van der Waals surface area (Å²) in [6, 6.07) is 16.7. The Morgan fingerprint density at radius 2 is 1.82 bits per heavy atom. The summed E-state index contributed by atoms with van der Waals surface area (Å²) in [4.78, 5) is 16.8. The first-order valence-electron chi connectivity index (χ1n) is 11.7. The molecule has 4 rings (SSSR count). The largest absolute Gasteiger partial charge is 0.497 e. The van der Waals surface area contributed by atoms with Gasteiger partial charge in [-0.15, -0.1) is 0 Å². The van der Waals surface area contributed by atoms with Gasteiger partial charge in [0.05, 0.1) is 13.7 Å². The highest BCUT2D eigenvalue weighted by atomic mass is 19.1. The van der Waals surface area contributed by atoms with Crippen LogP contribution in [0.2, 0.25) is 0 Å². The molecule has 2 unspecified atom stereocenters. The molecular weight excluding hydrogens is 431 g/mol. The number of carbonyl (C=O) groups is 1. The van der Waals surface area contributed by atoms with E-state index in [-0.39, 0.29) is 23.6 Å². The summed E-state index contributed by atoms with van der Waals surface area (Å²) in [6.45, 7) is 9.26. The zero-order valence-corrected chi connectivity index (χ0v) is 20.4. The van der Waals surface area contributed by atoms with Crippen LogP contribution in [0.15, 0.2) is 59.0 Å². The van der Waals surface area contributed by atoms with Crippen molar-refractivity contribution in [2.45, 2.75) is 39.8 Å². The second-order valence-corrected chi connectivity index (χ2v) is 9.31. The van der Waals surface area contributed by atoms with Crippen molar-refractivity contribution in [3.63, 3.8) is 0 Å². The van der Waals surface area contributed by atoms with Crippen molar-refractivity contribution in [2.24, 2.45) is 5.92 Å². The summed E-state index contributed by atoms with van der Waals surface area (Å²) in [6.07, 6.45) is 0. The summed E-state index contributed by atoms with van der Waals surface area (Å²) in [5.41, 5.74) is 3.33. The van der Waals surface area contributed by atoms with Gasteiger partial charge in [-0.25, -0.2) is 4.39 Å². The Kier molecular flexibility index (Phi) is 7.37. The molecule has 2 aromatic carbocycles. The van der Waals surface area contributed by atoms with Crippen molar-refractivity contribution < 1.29 is 18.3 Å². The lowest BCUT2D eigenvalue weighted by Gasteiger charge is -2.28. The summed E-state index contributed by atoms with van der Waals surface area (Å²) in [5.74, 6) is 3.05. The van der Waals surface area contributed by atoms with Gasteiger partial charge in [0.25, 0.3) is 0 Å². The molecule has 1 aromatic heterocycles. The van der Waals surface area contributed by atoms with E-state index in [0.29, 0.717) is 13.1 Å². The SMILES string of the molecule is COc1ccc(C2CN(Cc3cc(C)c(C)o3)CC2CN(Cc2ccc(F)cc2)C(C)=O)cc1. The molecule has 0 bridgehead atoms. The average Bonchev–Trinajstić information content (AvgIpc) is 3.36. The normalized spacial score (nSPS) is 18.3. The predicted molar refractivity (Wildman–Crippen MR) is 130 cm³/mol. The Labute approximate surface area is 201 Å². The van der Waals surface area contributed by atoms with E-state index in [1.165, 1.54) is 23.3 Å². The number of furan rings is 1. The van der Waals surface area contributed by atoms with Gasteiger partial charge >= 0.3 is 0 Å². The van der Waals surface area contributed by atoms with Gasteiger partial charge in [0.2, 0.25) is 5.91 Å². The molecule has 1 amide bonds. The lowest BCUT2D eigenvalue weighted by molar-refractivity contribution is -0.130. The third-order valence-corrected chi connectivity index (χ3v) is 6.84. The number of rotatable bonds is 8. The minimum Gasteiger partial charge on any atom is -0.497 e. The van der Waals surface area contributed by atoms with Crippen molar-refractivity contribution in [1.29, 1.82) is 0 Å². The third kappa shape index (κ3) is 5.68. The summed E-state index contributed by atoms with van der Waals surface area (Å²) < 4.78 is 24.6. The van der Waals surface area contributed by atoms with E-state index < -0.39 is 0 Å². The van der Waals surface area contributed by atoms with Crippen LogP contribution in [0.5, 0.6) is 5.75 Å². The van der Waals surface area contributed by atoms with Crippen LogP contribution < -0.4 is 4.74 Å². The molecule has 0 aliphatic carbocycles. The van der Waals surface area contributed by atoms with Crippen LogP contribution in [0, 0.1) is 25.6 Å². The Balaban J connectivity index is 1.54. The monoisotopic (exact) mass is 464 g/mol. The van der Waals surface area contributed by atoms with Gasteiger partial charge in [-0.05, 0) is 66.8 Å². The van der Waals surface area contributed by atoms with Crippen molar-refractivity contribution in [1.82, 2.24) is 9.80 Å². The van der Waals surface area contributed by atoms with Gasteiger partial charge in [-0.3, -0.25) is 9.69 Å². The second kappa shape index (κ2) is 10.4. The zero-order valence-electron chi connectivity index (χ0n) is 20.4. The molecule has 2 heterocycles. The minimum atomic E-state index is -0.271. The number of carbonyl (C=O) groups excluding carboxylic acids is 1. The number of halogens is 1. The molecule has 0 radical (unpaired) electrons. The highest BCUT2D eigenvalue weighted by molar-refractivity contribution is 5.73. The highest BCUT2D eigenvalue weighted by Gasteiger charge is 2.35. The van der Waals surface area contributed by atoms with Crippen LogP contribution in [0.3, 0.4) is 0 Å². The number of hydrogen-bond donors (Lipinski definition) is 0.